The average molecular weight is 1840 g/mol. The fourth-order valence-corrected chi connectivity index (χ4v) is 18.2. The number of unbranched alkanes of at least 4 members (excludes halogenated alkanes) is 2. The van der Waals surface area contributed by atoms with Crippen LogP contribution in [0.2, 0.25) is 0 Å². The highest BCUT2D eigenvalue weighted by atomic mass is 16.5. The van der Waals surface area contributed by atoms with Gasteiger partial charge in [-0.1, -0.05) is 323 Å². The molecule has 140 heavy (non-hydrogen) atoms. The summed E-state index contributed by atoms with van der Waals surface area (Å²) >= 11 is 0. The number of phenolic OH excluding ortho intramolecular Hbond substituents is 4. The van der Waals surface area contributed by atoms with Crippen molar-refractivity contribution < 1.29 is 39.4 Å². The molecule has 0 fully saturated rings. The van der Waals surface area contributed by atoms with E-state index in [1.165, 1.54) is 73.1 Å². The zero-order chi connectivity index (χ0) is 96.0. The van der Waals surface area contributed by atoms with Gasteiger partial charge in [-0.15, -0.1) is 0 Å². The molecule has 0 saturated heterocycles. The second kappa shape index (κ2) is 42.7. The van der Waals surface area contributed by atoms with Gasteiger partial charge in [0, 0.05) is 22.3 Å². The quantitative estimate of drug-likeness (QED) is 0.0262. The summed E-state index contributed by atoms with van der Waals surface area (Å²) in [4.78, 5) is 56.2. The molecule has 0 aliphatic rings. The maximum atomic E-state index is 10.7. The van der Waals surface area contributed by atoms with Crippen molar-refractivity contribution in [3.05, 3.63) is 328 Å². The van der Waals surface area contributed by atoms with Crippen LogP contribution in [0.5, 0.6) is 47.0 Å². The third-order valence-corrected chi connectivity index (χ3v) is 25.6. The summed E-state index contributed by atoms with van der Waals surface area (Å²) in [5, 5.41) is 65.0. The predicted octanol–water partition coefficient (Wildman–Crippen LogP) is 29.4. The number of phenols is 4. The van der Waals surface area contributed by atoms with Crippen LogP contribution in [0, 0.1) is 11.8 Å². The minimum absolute atomic E-state index is 0.115. The van der Waals surface area contributed by atoms with E-state index in [2.05, 4.69) is 257 Å². The van der Waals surface area contributed by atoms with Crippen molar-refractivity contribution in [1.82, 2.24) is 59.8 Å². The van der Waals surface area contributed by atoms with Gasteiger partial charge in [0.05, 0.1) is 48.7 Å². The molecule has 0 saturated carbocycles. The zero-order valence-electron chi connectivity index (χ0n) is 79.0. The monoisotopic (exact) mass is 1840 g/mol. The highest BCUT2D eigenvalue weighted by Gasteiger charge is 2.25. The molecule has 22 aromatic rings. The van der Waals surface area contributed by atoms with Gasteiger partial charge in [0.1, 0.15) is 23.0 Å². The first kappa shape index (κ1) is 92.3. The number of ether oxygens (including phenoxy) is 4. The highest BCUT2D eigenvalue weighted by Crippen LogP contribution is 2.45. The minimum Gasteiger partial charge on any atom is -0.507 e. The summed E-state index contributed by atoms with van der Waals surface area (Å²) in [5.41, 5.74) is 5.76. The number of hydrogen-bond donors (Lipinski definition) is 4. The van der Waals surface area contributed by atoms with E-state index < -0.39 is 0 Å². The Morgan fingerprint density at radius 3 is 1.01 bits per heavy atom. The number of aromatic hydroxyl groups is 4. The van der Waals surface area contributed by atoms with Crippen molar-refractivity contribution in [2.45, 2.75) is 106 Å². The van der Waals surface area contributed by atoms with E-state index in [9.17, 15) is 20.4 Å². The van der Waals surface area contributed by atoms with E-state index in [4.69, 9.17) is 43.9 Å². The molecule has 694 valence electrons. The van der Waals surface area contributed by atoms with Crippen molar-refractivity contribution in [1.29, 1.82) is 0 Å². The van der Waals surface area contributed by atoms with E-state index in [0.717, 1.165) is 121 Å². The normalized spacial score (nSPS) is 11.8. The first-order valence-electron chi connectivity index (χ1n) is 48.3. The summed E-state index contributed by atoms with van der Waals surface area (Å²) < 4.78 is 24.0. The summed E-state index contributed by atoms with van der Waals surface area (Å²) in [6.45, 7) is 15.0. The molecule has 4 heterocycles. The van der Waals surface area contributed by atoms with Gasteiger partial charge in [-0.3, -0.25) is 0 Å². The lowest BCUT2D eigenvalue weighted by Crippen LogP contribution is -2.13. The van der Waals surface area contributed by atoms with Crippen LogP contribution in [-0.2, 0) is 0 Å². The van der Waals surface area contributed by atoms with Gasteiger partial charge in [-0.25, -0.2) is 19.9 Å². The topological polar surface area (TPSA) is 273 Å². The van der Waals surface area contributed by atoms with Gasteiger partial charge >= 0.3 is 24.0 Å². The van der Waals surface area contributed by atoms with Crippen LogP contribution >= 0.6 is 0 Å². The SMILES string of the molecule is CCCCC(CC)COc1nc(-c2ccc3cc4ccccc4cc3c2)nc(-c2ccccc2O)n1.CCCCC(CC)COc1nc(-c2ccccc2O)nc(-c2cc3c4ccccc4ccc3c3ccccc23)n1.CCCOc1nc(-c2ccccc2O)nc(-c2cc3cccc4ccc5cccc2c5c43)n1.CCCOc1nc(-c2ccccc2O)nc(-c2cc3ccccc3c3ccccc23)n1. The molecule has 20 heteroatoms. The molecule has 2 unspecified atom stereocenters. The van der Waals surface area contributed by atoms with Crippen LogP contribution in [0.25, 0.3) is 199 Å². The molecule has 4 aromatic heterocycles. The number of rotatable bonds is 28. The van der Waals surface area contributed by atoms with Crippen LogP contribution in [0.1, 0.15) is 106 Å². The van der Waals surface area contributed by atoms with Crippen LogP contribution in [-0.4, -0.2) is 107 Å². The van der Waals surface area contributed by atoms with Gasteiger partial charge < -0.3 is 39.4 Å². The van der Waals surface area contributed by atoms with E-state index in [0.29, 0.717) is 107 Å². The first-order valence-corrected chi connectivity index (χ1v) is 48.3. The number of fused-ring (bicyclic) bond motifs is 10. The molecule has 20 nitrogen and oxygen atoms in total. The van der Waals surface area contributed by atoms with Crippen molar-refractivity contribution in [2.24, 2.45) is 11.8 Å². The number of nitrogens with zero attached hydrogens (tertiary/aromatic N) is 12. The zero-order valence-corrected chi connectivity index (χ0v) is 79.0. The average Bonchev–Trinajstić information content (AvgIpc) is 0.728. The van der Waals surface area contributed by atoms with Gasteiger partial charge in [-0.2, -0.15) is 39.9 Å². The third kappa shape index (κ3) is 20.1. The van der Waals surface area contributed by atoms with E-state index in [-0.39, 0.29) is 47.0 Å². The fourth-order valence-electron chi connectivity index (χ4n) is 18.2. The van der Waals surface area contributed by atoms with Crippen molar-refractivity contribution >= 4 is 108 Å². The first-order chi connectivity index (χ1) is 68.8. The lowest BCUT2D eigenvalue weighted by molar-refractivity contribution is 0.217. The Balaban J connectivity index is 0.000000119. The predicted molar refractivity (Wildman–Crippen MR) is 565 cm³/mol. The summed E-state index contributed by atoms with van der Waals surface area (Å²) in [5.74, 6) is 5.00. The fraction of sp³-hybridized carbons (Fsp3) is 0.183. The summed E-state index contributed by atoms with van der Waals surface area (Å²) in [6, 6.07) is 109. The van der Waals surface area contributed by atoms with Crippen LogP contribution in [0.15, 0.2) is 328 Å². The Bertz CT molecular complexity index is 8250. The second-order valence-corrected chi connectivity index (χ2v) is 35.1. The molecule has 2 atom stereocenters. The molecular weight excluding hydrogens is 1740 g/mol. The number of benzene rings is 18. The van der Waals surface area contributed by atoms with Crippen LogP contribution in [0.4, 0.5) is 0 Å². The Morgan fingerprint density at radius 2 is 0.536 bits per heavy atom. The molecule has 0 aliphatic heterocycles. The lowest BCUT2D eigenvalue weighted by Gasteiger charge is -2.16. The maximum absolute atomic E-state index is 10.7. The molecule has 0 amide bonds. The van der Waals surface area contributed by atoms with E-state index >= 15 is 0 Å². The Kier molecular flexibility index (Phi) is 28.1. The smallest absolute Gasteiger partial charge is 0.320 e. The third-order valence-electron chi connectivity index (χ3n) is 25.6. The lowest BCUT2D eigenvalue weighted by atomic mass is 9.91. The summed E-state index contributed by atoms with van der Waals surface area (Å²) in [6.07, 6.45) is 10.7. The molecule has 0 bridgehead atoms. The van der Waals surface area contributed by atoms with Crippen molar-refractivity contribution in [3.8, 4) is 138 Å². The van der Waals surface area contributed by atoms with Gasteiger partial charge in [-0.05, 0) is 230 Å². The molecule has 22 rings (SSSR count). The van der Waals surface area contributed by atoms with Gasteiger partial charge in [0.25, 0.3) is 0 Å². The van der Waals surface area contributed by atoms with Gasteiger partial charge in [0.15, 0.2) is 46.6 Å². The Morgan fingerprint density at radius 1 is 0.214 bits per heavy atom. The standard InChI is InChI=1S/C35H33N3O2.C31H31N3O2.C28H21N3O2.C26H21N3O2/c1-3-5-12-23(4-2)22-40-35-37-33(29-17-10-11-18-32(29)39)36-34(38-35)31-21-30-25-14-7-6-13-24(25)19-20-28(30)26-15-8-9-16-27(26)31;1-3-5-10-21(4-2)20-36-31-33-29(32-30(34-31)27-13-8-9-14-28(27)35)25-16-15-24-17-22-11-6-7-12-23(22)18-26(24)19-25;1-2-15-33-28-30-26(21-10-3-4-12-23(21)32)29-27(31-28)22-16-19-9-5-7-17-13-14-18-8-6-11-20(22)25(18)24(17)19;1-2-15-31-26-28-24(21-13-7-8-14-23(21)30)27-25(29-26)22-16-17-9-3-4-10-18(17)19-11-5-6-12-20(19)22/h6-11,13-21,23,39H,3-5,12,22H2,1-2H3;6-9,11-19,21,35H,3-5,10,20H2,1-2H3;3-14,16,32H,2,15H2,1H3;3-14,16,30H,2,15H2,1H3. The molecular formula is C120H106N12O8. The molecule has 0 radical (unpaired) electrons. The molecule has 18 aromatic carbocycles. The number of aromatic nitrogens is 12. The van der Waals surface area contributed by atoms with Crippen molar-refractivity contribution in [2.75, 3.05) is 26.4 Å². The molecule has 4 N–H and O–H groups in total. The highest BCUT2D eigenvalue weighted by molar-refractivity contribution is 6.26. The Labute approximate surface area is 811 Å². The second-order valence-electron chi connectivity index (χ2n) is 35.1. The summed E-state index contributed by atoms with van der Waals surface area (Å²) in [7, 11) is 0. The molecule has 0 aliphatic carbocycles. The van der Waals surface area contributed by atoms with Crippen LogP contribution in [0.3, 0.4) is 0 Å². The van der Waals surface area contributed by atoms with E-state index in [1.54, 1.807) is 66.7 Å². The minimum atomic E-state index is 0.115. The largest absolute Gasteiger partial charge is 0.507 e. The number of para-hydroxylation sites is 4. The number of hydrogen-bond acceptors (Lipinski definition) is 20. The van der Waals surface area contributed by atoms with Crippen molar-refractivity contribution in [3.63, 3.8) is 0 Å². The van der Waals surface area contributed by atoms with Gasteiger partial charge in [0.2, 0.25) is 0 Å². The van der Waals surface area contributed by atoms with Crippen LogP contribution < -0.4 is 18.9 Å². The molecule has 0 spiro atoms. The maximum Gasteiger partial charge on any atom is 0.320 e. The van der Waals surface area contributed by atoms with E-state index in [1.807, 2.05) is 80.6 Å². The Hall–Kier alpha value is -16.7.